The first-order valence-corrected chi connectivity index (χ1v) is 8.73. The number of hydrogen-bond acceptors (Lipinski definition) is 7. The number of hydrazone groups is 1. The van der Waals surface area contributed by atoms with Crippen LogP contribution in [0.5, 0.6) is 11.5 Å². The highest BCUT2D eigenvalue weighted by atomic mass is 16.6. The van der Waals surface area contributed by atoms with Gasteiger partial charge in [0.05, 0.1) is 31.4 Å². The number of carbonyl (C=O) groups excluding carboxylic acids is 1. The van der Waals surface area contributed by atoms with E-state index in [1.54, 1.807) is 38.3 Å². The topological polar surface area (TPSA) is 104 Å². The van der Waals surface area contributed by atoms with Crippen molar-refractivity contribution in [3.05, 3.63) is 63.7 Å². The summed E-state index contributed by atoms with van der Waals surface area (Å²) in [5, 5.41) is 16.2. The van der Waals surface area contributed by atoms with Gasteiger partial charge in [-0.15, -0.1) is 5.10 Å². The van der Waals surface area contributed by atoms with Gasteiger partial charge in [-0.1, -0.05) is 0 Å². The molecule has 9 heteroatoms. The lowest BCUT2D eigenvalue weighted by atomic mass is 10.1. The molecule has 0 saturated carbocycles. The molecule has 3 rings (SSSR count). The Labute approximate surface area is 166 Å². The van der Waals surface area contributed by atoms with Gasteiger partial charge in [0.25, 0.3) is 11.6 Å². The minimum atomic E-state index is -0.509. The zero-order valence-electron chi connectivity index (χ0n) is 16.1. The average Bonchev–Trinajstić information content (AvgIpc) is 3.03. The number of nitro groups is 1. The van der Waals surface area contributed by atoms with Crippen LogP contribution in [0, 0.1) is 10.1 Å². The van der Waals surface area contributed by atoms with Gasteiger partial charge < -0.3 is 14.2 Å². The quantitative estimate of drug-likeness (QED) is 0.420. The molecule has 0 aliphatic carbocycles. The monoisotopic (exact) mass is 397 g/mol. The van der Waals surface area contributed by atoms with Crippen LogP contribution in [0.4, 0.5) is 11.4 Å². The van der Waals surface area contributed by atoms with Crippen LogP contribution in [0.15, 0.2) is 53.1 Å². The van der Waals surface area contributed by atoms with E-state index in [-0.39, 0.29) is 17.2 Å². The Hall–Kier alpha value is -3.88. The van der Waals surface area contributed by atoms with Crippen LogP contribution in [0.2, 0.25) is 0 Å². The van der Waals surface area contributed by atoms with E-state index in [0.29, 0.717) is 29.4 Å². The molecule has 0 radical (unpaired) electrons. The molecule has 1 aliphatic heterocycles. The summed E-state index contributed by atoms with van der Waals surface area (Å²) in [6.07, 6.45) is 1.61. The van der Waals surface area contributed by atoms with Crippen LogP contribution in [-0.4, -0.2) is 37.6 Å². The van der Waals surface area contributed by atoms with Gasteiger partial charge >= 0.3 is 0 Å². The first-order chi connectivity index (χ1) is 14.0. The van der Waals surface area contributed by atoms with Gasteiger partial charge in [-0.05, 0) is 43.3 Å². The van der Waals surface area contributed by atoms with Crippen LogP contribution in [0.3, 0.4) is 0 Å². The lowest BCUT2D eigenvalue weighted by Gasteiger charge is -2.11. The molecule has 0 atom stereocenters. The number of non-ortho nitro benzene ring substituents is 1. The first kappa shape index (κ1) is 19.9. The minimum Gasteiger partial charge on any atom is -0.497 e. The van der Waals surface area contributed by atoms with Gasteiger partial charge in [-0.25, -0.2) is 0 Å². The van der Waals surface area contributed by atoms with Gasteiger partial charge in [0.2, 0.25) is 5.90 Å². The number of ether oxygens (including phenoxy) is 3. The molecule has 1 aliphatic rings. The van der Waals surface area contributed by atoms with E-state index in [1.807, 2.05) is 0 Å². The molecule has 2 aromatic rings. The van der Waals surface area contributed by atoms with Crippen molar-refractivity contribution in [2.45, 2.75) is 6.92 Å². The summed E-state index contributed by atoms with van der Waals surface area (Å²) < 4.78 is 16.1. The maximum atomic E-state index is 13.0. The largest absolute Gasteiger partial charge is 0.497 e. The molecule has 150 valence electrons. The normalized spacial score (nSPS) is 14.7. The minimum absolute atomic E-state index is 0.0775. The van der Waals surface area contributed by atoms with Crippen LogP contribution in [0.1, 0.15) is 12.5 Å². The SMILES string of the molecule is CCOC1=NN(c2ccc([N+](=O)[O-])cc2)C(=O)C1=Cc1cc(OC)ccc1OC. The van der Waals surface area contributed by atoms with Crippen molar-refractivity contribution in [3.8, 4) is 11.5 Å². The van der Waals surface area contributed by atoms with Crippen LogP contribution < -0.4 is 14.5 Å². The smallest absolute Gasteiger partial charge is 0.284 e. The van der Waals surface area contributed by atoms with Gasteiger partial charge in [-0.2, -0.15) is 5.01 Å². The van der Waals surface area contributed by atoms with E-state index in [1.165, 1.54) is 31.4 Å². The van der Waals surface area contributed by atoms with Crippen LogP contribution in [0.25, 0.3) is 6.08 Å². The van der Waals surface area contributed by atoms with Crippen molar-refractivity contribution < 1.29 is 23.9 Å². The van der Waals surface area contributed by atoms with Crippen molar-refractivity contribution in [1.82, 2.24) is 0 Å². The Kier molecular flexibility index (Phi) is 5.77. The Bertz CT molecular complexity index is 998. The summed E-state index contributed by atoms with van der Waals surface area (Å²) in [4.78, 5) is 23.4. The Morgan fingerprint density at radius 3 is 2.45 bits per heavy atom. The number of nitrogens with zero attached hydrogens (tertiary/aromatic N) is 3. The number of nitro benzene ring substituents is 1. The Balaban J connectivity index is 2.02. The fraction of sp³-hybridized carbons (Fsp3) is 0.200. The molecule has 0 bridgehead atoms. The highest BCUT2D eigenvalue weighted by Crippen LogP contribution is 2.30. The Morgan fingerprint density at radius 1 is 1.14 bits per heavy atom. The predicted octanol–water partition coefficient (Wildman–Crippen LogP) is 3.39. The van der Waals surface area contributed by atoms with Gasteiger partial charge in [-0.3, -0.25) is 14.9 Å². The summed E-state index contributed by atoms with van der Waals surface area (Å²) in [7, 11) is 3.07. The number of benzene rings is 2. The van der Waals surface area contributed by atoms with Crippen molar-refractivity contribution in [2.24, 2.45) is 5.10 Å². The Morgan fingerprint density at radius 2 is 1.86 bits per heavy atom. The molecule has 9 nitrogen and oxygen atoms in total. The van der Waals surface area contributed by atoms with Crippen molar-refractivity contribution >= 4 is 29.3 Å². The molecule has 0 aromatic heterocycles. The van der Waals surface area contributed by atoms with Crippen molar-refractivity contribution in [2.75, 3.05) is 25.8 Å². The molecule has 1 amide bonds. The third-order valence-electron chi connectivity index (χ3n) is 4.17. The number of hydrogen-bond donors (Lipinski definition) is 0. The fourth-order valence-corrected chi connectivity index (χ4v) is 2.76. The third-order valence-corrected chi connectivity index (χ3v) is 4.17. The summed E-state index contributed by atoms with van der Waals surface area (Å²) in [6.45, 7) is 2.10. The second kappa shape index (κ2) is 8.42. The molecule has 2 aromatic carbocycles. The standard InChI is InChI=1S/C20H19N3O6/c1-4-29-19-17(12-13-11-16(27-2)9-10-18(13)28-3)20(24)22(21-19)14-5-7-15(8-6-14)23(25)26/h5-12H,4H2,1-3H3. The molecule has 29 heavy (non-hydrogen) atoms. The highest BCUT2D eigenvalue weighted by molar-refractivity contribution is 6.30. The zero-order valence-corrected chi connectivity index (χ0v) is 16.1. The van der Waals surface area contributed by atoms with Crippen LogP contribution in [-0.2, 0) is 9.53 Å². The van der Waals surface area contributed by atoms with E-state index < -0.39 is 10.8 Å². The second-order valence-corrected chi connectivity index (χ2v) is 5.89. The molecular formula is C20H19N3O6. The summed E-state index contributed by atoms with van der Waals surface area (Å²) >= 11 is 0. The lowest BCUT2D eigenvalue weighted by Crippen LogP contribution is -2.21. The highest BCUT2D eigenvalue weighted by Gasteiger charge is 2.33. The lowest BCUT2D eigenvalue weighted by molar-refractivity contribution is -0.384. The van der Waals surface area contributed by atoms with E-state index in [9.17, 15) is 14.9 Å². The molecular weight excluding hydrogens is 378 g/mol. The zero-order chi connectivity index (χ0) is 21.0. The molecule has 0 spiro atoms. The summed E-state index contributed by atoms with van der Waals surface area (Å²) in [5.74, 6) is 0.883. The van der Waals surface area contributed by atoms with Gasteiger partial charge in [0.15, 0.2) is 0 Å². The van der Waals surface area contributed by atoms with E-state index in [0.717, 1.165) is 5.01 Å². The maximum absolute atomic E-state index is 13.0. The van der Waals surface area contributed by atoms with E-state index >= 15 is 0 Å². The first-order valence-electron chi connectivity index (χ1n) is 8.73. The van der Waals surface area contributed by atoms with Crippen molar-refractivity contribution in [1.29, 1.82) is 0 Å². The molecule has 0 unspecified atom stereocenters. The fourth-order valence-electron chi connectivity index (χ4n) is 2.76. The molecule has 0 N–H and O–H groups in total. The van der Waals surface area contributed by atoms with Gasteiger partial charge in [0.1, 0.15) is 17.1 Å². The molecule has 0 saturated heterocycles. The molecule has 1 heterocycles. The summed E-state index contributed by atoms with van der Waals surface area (Å²) in [6, 6.07) is 10.7. The number of amides is 1. The predicted molar refractivity (Wildman–Crippen MR) is 107 cm³/mol. The van der Waals surface area contributed by atoms with E-state index in [2.05, 4.69) is 5.10 Å². The number of rotatable bonds is 6. The van der Waals surface area contributed by atoms with E-state index in [4.69, 9.17) is 14.2 Å². The summed E-state index contributed by atoms with van der Waals surface area (Å²) in [5.41, 5.74) is 1.16. The average molecular weight is 397 g/mol. The molecule has 0 fully saturated rings. The van der Waals surface area contributed by atoms with Gasteiger partial charge in [0, 0.05) is 17.7 Å². The maximum Gasteiger partial charge on any atom is 0.284 e. The number of carbonyl (C=O) groups is 1. The number of anilines is 1. The second-order valence-electron chi connectivity index (χ2n) is 5.89. The van der Waals surface area contributed by atoms with Crippen LogP contribution >= 0.6 is 0 Å². The van der Waals surface area contributed by atoms with Crippen molar-refractivity contribution in [3.63, 3.8) is 0 Å². The third kappa shape index (κ3) is 4.03. The number of methoxy groups -OCH3 is 2.